The summed E-state index contributed by atoms with van der Waals surface area (Å²) in [6.45, 7) is 0.875. The highest BCUT2D eigenvalue weighted by Crippen LogP contribution is 2.09. The Labute approximate surface area is 112 Å². The van der Waals surface area contributed by atoms with E-state index in [-0.39, 0.29) is 12.4 Å². The van der Waals surface area contributed by atoms with Gasteiger partial charge < -0.3 is 9.47 Å². The van der Waals surface area contributed by atoms with E-state index in [9.17, 15) is 4.79 Å². The lowest BCUT2D eigenvalue weighted by Gasteiger charge is -2.05. The van der Waals surface area contributed by atoms with Gasteiger partial charge in [-0.25, -0.2) is 0 Å². The molecule has 0 aliphatic carbocycles. The molecule has 0 aliphatic rings. The predicted octanol–water partition coefficient (Wildman–Crippen LogP) is 3.20. The van der Waals surface area contributed by atoms with Gasteiger partial charge in [0.2, 0.25) is 0 Å². The van der Waals surface area contributed by atoms with Gasteiger partial charge in [-0.05, 0) is 17.7 Å². The van der Waals surface area contributed by atoms with Gasteiger partial charge in [0.05, 0.1) is 19.6 Å². The van der Waals surface area contributed by atoms with E-state index in [0.717, 1.165) is 5.56 Å². The molecule has 0 atom stereocenters. The third-order valence-electron chi connectivity index (χ3n) is 2.54. The van der Waals surface area contributed by atoms with Crippen molar-refractivity contribution in [2.75, 3.05) is 6.61 Å². The Morgan fingerprint density at radius 2 is 1.53 bits per heavy atom. The first-order valence-corrected chi connectivity index (χ1v) is 6.22. The van der Waals surface area contributed by atoms with Crippen LogP contribution in [0.2, 0.25) is 0 Å². The van der Waals surface area contributed by atoms with E-state index in [0.29, 0.717) is 19.0 Å². The average Bonchev–Trinajstić information content (AvgIpc) is 2.46. The molecule has 0 saturated heterocycles. The second kappa shape index (κ2) is 7.34. The van der Waals surface area contributed by atoms with Crippen molar-refractivity contribution in [3.8, 4) is 5.75 Å². The number of ether oxygens (including phenoxy) is 2. The van der Waals surface area contributed by atoms with Crippen LogP contribution in [0.15, 0.2) is 60.7 Å². The van der Waals surface area contributed by atoms with Gasteiger partial charge in [0.1, 0.15) is 5.75 Å². The second-order valence-corrected chi connectivity index (χ2v) is 4.08. The van der Waals surface area contributed by atoms with E-state index in [1.807, 2.05) is 48.5 Å². The summed E-state index contributed by atoms with van der Waals surface area (Å²) in [4.78, 5) is 11.5. The quantitative estimate of drug-likeness (QED) is 0.452. The van der Waals surface area contributed by atoms with Crippen LogP contribution >= 0.6 is 0 Å². The van der Waals surface area contributed by atoms with Crippen LogP contribution in [-0.2, 0) is 16.1 Å². The minimum Gasteiger partial charge on any atom is -0.426 e. The van der Waals surface area contributed by atoms with Gasteiger partial charge in [-0.15, -0.1) is 0 Å². The normalized spacial score (nSPS) is 10.1. The summed E-state index contributed by atoms with van der Waals surface area (Å²) >= 11 is 0. The van der Waals surface area contributed by atoms with Crippen LogP contribution in [-0.4, -0.2) is 12.6 Å². The monoisotopic (exact) mass is 256 g/mol. The van der Waals surface area contributed by atoms with Crippen LogP contribution in [0.3, 0.4) is 0 Å². The van der Waals surface area contributed by atoms with Gasteiger partial charge in [-0.2, -0.15) is 0 Å². The smallest absolute Gasteiger partial charge is 0.313 e. The first kappa shape index (κ1) is 13.3. The molecular weight excluding hydrogens is 240 g/mol. The Bertz CT molecular complexity index is 494. The second-order valence-electron chi connectivity index (χ2n) is 4.08. The number of carbonyl (C=O) groups excluding carboxylic acids is 1. The van der Waals surface area contributed by atoms with Gasteiger partial charge in [-0.1, -0.05) is 48.5 Å². The van der Waals surface area contributed by atoms with E-state index in [4.69, 9.17) is 9.47 Å². The minimum atomic E-state index is -0.278. The Balaban J connectivity index is 1.65. The van der Waals surface area contributed by atoms with Crippen LogP contribution in [0.4, 0.5) is 0 Å². The molecule has 98 valence electrons. The zero-order valence-electron chi connectivity index (χ0n) is 10.6. The average molecular weight is 256 g/mol. The molecule has 3 heteroatoms. The zero-order chi connectivity index (χ0) is 13.3. The summed E-state index contributed by atoms with van der Waals surface area (Å²) in [5.41, 5.74) is 1.10. The van der Waals surface area contributed by atoms with Crippen LogP contribution in [0.1, 0.15) is 12.0 Å². The molecule has 2 rings (SSSR count). The zero-order valence-corrected chi connectivity index (χ0v) is 10.6. The van der Waals surface area contributed by atoms with Crippen molar-refractivity contribution in [2.45, 2.75) is 13.0 Å². The summed E-state index contributed by atoms with van der Waals surface area (Å²) in [6.07, 6.45) is 0.252. The maximum Gasteiger partial charge on any atom is 0.313 e. The summed E-state index contributed by atoms with van der Waals surface area (Å²) in [6, 6.07) is 18.9. The van der Waals surface area contributed by atoms with Crippen LogP contribution in [0, 0.1) is 0 Å². The molecule has 3 nitrogen and oxygen atoms in total. The fraction of sp³-hybridized carbons (Fsp3) is 0.188. The molecule has 2 aromatic carbocycles. The first-order valence-electron chi connectivity index (χ1n) is 6.22. The summed E-state index contributed by atoms with van der Waals surface area (Å²) < 4.78 is 10.6. The molecule has 0 N–H and O–H groups in total. The molecule has 0 saturated carbocycles. The van der Waals surface area contributed by atoms with Gasteiger partial charge in [0.15, 0.2) is 0 Å². The van der Waals surface area contributed by atoms with Crippen LogP contribution in [0.25, 0.3) is 0 Å². The molecule has 0 radical (unpaired) electrons. The molecule has 0 unspecified atom stereocenters. The summed E-state index contributed by atoms with van der Waals surface area (Å²) in [5, 5.41) is 0. The van der Waals surface area contributed by atoms with Crippen molar-refractivity contribution in [2.24, 2.45) is 0 Å². The highest BCUT2D eigenvalue weighted by atomic mass is 16.5. The molecule has 2 aromatic rings. The lowest BCUT2D eigenvalue weighted by molar-refractivity contribution is -0.135. The highest BCUT2D eigenvalue weighted by Gasteiger charge is 2.04. The first-order chi connectivity index (χ1) is 9.34. The molecule has 0 heterocycles. The fourth-order valence-electron chi connectivity index (χ4n) is 1.59. The third kappa shape index (κ3) is 4.94. The summed E-state index contributed by atoms with van der Waals surface area (Å²) in [5.74, 6) is 0.287. The standard InChI is InChI=1S/C16H16O3/c17-16(19-15-9-5-2-6-10-15)11-12-18-13-14-7-3-1-4-8-14/h1-10H,11-13H2. The van der Waals surface area contributed by atoms with Gasteiger partial charge in [0, 0.05) is 0 Å². The Morgan fingerprint density at radius 1 is 0.895 bits per heavy atom. The van der Waals surface area contributed by atoms with Gasteiger partial charge in [-0.3, -0.25) is 4.79 Å². The van der Waals surface area contributed by atoms with E-state index in [1.165, 1.54) is 0 Å². The molecule has 0 spiro atoms. The van der Waals surface area contributed by atoms with E-state index < -0.39 is 0 Å². The highest BCUT2D eigenvalue weighted by molar-refractivity contribution is 5.72. The van der Waals surface area contributed by atoms with Gasteiger partial charge >= 0.3 is 5.97 Å². The molecule has 0 fully saturated rings. The van der Waals surface area contributed by atoms with E-state index in [1.54, 1.807) is 12.1 Å². The predicted molar refractivity (Wildman–Crippen MR) is 72.8 cm³/mol. The molecule has 0 bridgehead atoms. The Hall–Kier alpha value is -2.13. The van der Waals surface area contributed by atoms with E-state index in [2.05, 4.69) is 0 Å². The number of hydrogen-bond acceptors (Lipinski definition) is 3. The molecule has 0 amide bonds. The number of hydrogen-bond donors (Lipinski definition) is 0. The molecule has 0 aliphatic heterocycles. The number of esters is 1. The number of benzene rings is 2. The Kier molecular flexibility index (Phi) is 5.14. The molecular formula is C16H16O3. The van der Waals surface area contributed by atoms with Crippen molar-refractivity contribution in [1.82, 2.24) is 0 Å². The maximum atomic E-state index is 11.5. The van der Waals surface area contributed by atoms with Crippen molar-refractivity contribution in [3.63, 3.8) is 0 Å². The molecule has 19 heavy (non-hydrogen) atoms. The minimum absolute atomic E-state index is 0.252. The molecule has 0 aromatic heterocycles. The largest absolute Gasteiger partial charge is 0.426 e. The summed E-state index contributed by atoms with van der Waals surface area (Å²) in [7, 11) is 0. The van der Waals surface area contributed by atoms with Crippen LogP contribution in [0.5, 0.6) is 5.75 Å². The maximum absolute atomic E-state index is 11.5. The van der Waals surface area contributed by atoms with Crippen molar-refractivity contribution >= 4 is 5.97 Å². The van der Waals surface area contributed by atoms with Crippen molar-refractivity contribution < 1.29 is 14.3 Å². The fourth-order valence-corrected chi connectivity index (χ4v) is 1.59. The van der Waals surface area contributed by atoms with Crippen molar-refractivity contribution in [1.29, 1.82) is 0 Å². The van der Waals surface area contributed by atoms with Gasteiger partial charge in [0.25, 0.3) is 0 Å². The van der Waals surface area contributed by atoms with Crippen LogP contribution < -0.4 is 4.74 Å². The lowest BCUT2D eigenvalue weighted by Crippen LogP contribution is -2.11. The van der Waals surface area contributed by atoms with E-state index >= 15 is 0 Å². The van der Waals surface area contributed by atoms with Crippen molar-refractivity contribution in [3.05, 3.63) is 66.2 Å². The topological polar surface area (TPSA) is 35.5 Å². The number of rotatable bonds is 6. The Morgan fingerprint density at radius 3 is 2.21 bits per heavy atom. The SMILES string of the molecule is O=C(CCOCc1ccccc1)Oc1ccccc1. The number of carbonyl (C=O) groups is 1. The lowest BCUT2D eigenvalue weighted by atomic mass is 10.2. The third-order valence-corrected chi connectivity index (χ3v) is 2.54. The number of para-hydroxylation sites is 1.